The lowest BCUT2D eigenvalue weighted by Gasteiger charge is -2.18. The maximum absolute atomic E-state index is 12.2. The molecule has 2 rings (SSSR count). The van der Waals surface area contributed by atoms with Crippen LogP contribution in [0.2, 0.25) is 0 Å². The second kappa shape index (κ2) is 6.57. The van der Waals surface area contributed by atoms with Gasteiger partial charge < -0.3 is 0 Å². The van der Waals surface area contributed by atoms with Gasteiger partial charge in [0.25, 0.3) is 5.69 Å². The van der Waals surface area contributed by atoms with E-state index in [-0.39, 0.29) is 16.9 Å². The lowest BCUT2D eigenvalue weighted by atomic mass is 9.86. The monoisotopic (exact) mass is 309 g/mol. The minimum Gasteiger partial charge on any atom is -0.289 e. The minimum absolute atomic E-state index is 0.00845. The highest BCUT2D eigenvalue weighted by atomic mass is 16.6. The van der Waals surface area contributed by atoms with E-state index in [1.165, 1.54) is 18.2 Å². The van der Waals surface area contributed by atoms with Gasteiger partial charge in [0.2, 0.25) is 0 Å². The van der Waals surface area contributed by atoms with E-state index in [0.29, 0.717) is 11.1 Å². The fourth-order valence-electron chi connectivity index (χ4n) is 2.14. The molecule has 0 fully saturated rings. The molecule has 0 amide bonds. The van der Waals surface area contributed by atoms with Gasteiger partial charge in [-0.15, -0.1) is 0 Å². The van der Waals surface area contributed by atoms with Crippen LogP contribution in [-0.4, -0.2) is 10.7 Å². The molecule has 0 unspecified atom stereocenters. The summed E-state index contributed by atoms with van der Waals surface area (Å²) in [7, 11) is 0. The van der Waals surface area contributed by atoms with Gasteiger partial charge in [-0.25, -0.2) is 0 Å². The number of nitro groups is 1. The molecule has 4 nitrogen and oxygen atoms in total. The highest BCUT2D eigenvalue weighted by Gasteiger charge is 2.13. The van der Waals surface area contributed by atoms with Gasteiger partial charge in [0, 0.05) is 17.7 Å². The van der Waals surface area contributed by atoms with Crippen LogP contribution in [0.5, 0.6) is 0 Å². The highest BCUT2D eigenvalue weighted by Crippen LogP contribution is 2.22. The number of carbonyl (C=O) groups excluding carboxylic acids is 1. The molecule has 0 saturated carbocycles. The van der Waals surface area contributed by atoms with Crippen LogP contribution in [0.3, 0.4) is 0 Å². The Balaban J connectivity index is 2.15. The van der Waals surface area contributed by atoms with Crippen LogP contribution in [0.1, 0.15) is 42.3 Å². The lowest BCUT2D eigenvalue weighted by molar-refractivity contribution is -0.384. The summed E-state index contributed by atoms with van der Waals surface area (Å²) in [6.07, 6.45) is 3.03. The van der Waals surface area contributed by atoms with E-state index in [1.54, 1.807) is 30.3 Å². The van der Waals surface area contributed by atoms with Crippen molar-refractivity contribution in [2.75, 3.05) is 0 Å². The predicted octanol–water partition coefficient (Wildman–Crippen LogP) is 4.79. The zero-order valence-corrected chi connectivity index (χ0v) is 13.4. The fraction of sp³-hybridized carbons (Fsp3) is 0.211. The summed E-state index contributed by atoms with van der Waals surface area (Å²) >= 11 is 0. The van der Waals surface area contributed by atoms with Gasteiger partial charge in [0.05, 0.1) is 4.92 Å². The van der Waals surface area contributed by atoms with Crippen LogP contribution >= 0.6 is 0 Å². The number of nitro benzene ring substituents is 1. The summed E-state index contributed by atoms with van der Waals surface area (Å²) in [5.74, 6) is -0.128. The van der Waals surface area contributed by atoms with E-state index < -0.39 is 4.92 Å². The van der Waals surface area contributed by atoms with Crippen molar-refractivity contribution in [2.45, 2.75) is 26.2 Å². The number of hydrogen-bond acceptors (Lipinski definition) is 3. The molecule has 0 radical (unpaired) electrons. The molecular formula is C19H19NO3. The van der Waals surface area contributed by atoms with Crippen LogP contribution in [-0.2, 0) is 5.41 Å². The Morgan fingerprint density at radius 3 is 2.30 bits per heavy atom. The topological polar surface area (TPSA) is 60.2 Å². The Morgan fingerprint density at radius 2 is 1.74 bits per heavy atom. The largest absolute Gasteiger partial charge is 0.289 e. The molecule has 118 valence electrons. The Labute approximate surface area is 135 Å². The van der Waals surface area contributed by atoms with Crippen LogP contribution in [0.15, 0.2) is 54.6 Å². The van der Waals surface area contributed by atoms with Crippen molar-refractivity contribution in [3.63, 3.8) is 0 Å². The maximum Gasteiger partial charge on any atom is 0.270 e. The summed E-state index contributed by atoms with van der Waals surface area (Å²) < 4.78 is 0. The number of ketones is 1. The first-order valence-corrected chi connectivity index (χ1v) is 7.35. The third-order valence-electron chi connectivity index (χ3n) is 3.54. The van der Waals surface area contributed by atoms with E-state index in [1.807, 2.05) is 12.1 Å². The Kier molecular flexibility index (Phi) is 4.74. The number of allylic oxidation sites excluding steroid dienone is 1. The first-order valence-electron chi connectivity index (χ1n) is 7.35. The molecule has 2 aromatic rings. The van der Waals surface area contributed by atoms with Crippen molar-refractivity contribution < 1.29 is 9.72 Å². The molecule has 0 bridgehead atoms. The van der Waals surface area contributed by atoms with Gasteiger partial charge in [0.1, 0.15) is 0 Å². The summed E-state index contributed by atoms with van der Waals surface area (Å²) in [6.45, 7) is 6.35. The van der Waals surface area contributed by atoms with E-state index >= 15 is 0 Å². The van der Waals surface area contributed by atoms with E-state index in [0.717, 1.165) is 5.56 Å². The fourth-order valence-corrected chi connectivity index (χ4v) is 2.14. The lowest BCUT2D eigenvalue weighted by Crippen LogP contribution is -2.11. The van der Waals surface area contributed by atoms with Crippen molar-refractivity contribution in [3.8, 4) is 0 Å². The van der Waals surface area contributed by atoms with Crippen molar-refractivity contribution in [2.24, 2.45) is 0 Å². The number of carbonyl (C=O) groups is 1. The SMILES string of the molecule is CC(C)(C)c1ccc(C(=O)/C=C/c2cccc([N+](=O)[O-])c2)cc1. The van der Waals surface area contributed by atoms with Crippen molar-refractivity contribution >= 4 is 17.5 Å². The third-order valence-corrected chi connectivity index (χ3v) is 3.54. The molecule has 0 aliphatic carbocycles. The molecule has 2 aromatic carbocycles. The molecule has 0 spiro atoms. The van der Waals surface area contributed by atoms with Crippen molar-refractivity contribution in [3.05, 3.63) is 81.4 Å². The Morgan fingerprint density at radius 1 is 1.09 bits per heavy atom. The van der Waals surface area contributed by atoms with Crippen LogP contribution < -0.4 is 0 Å². The van der Waals surface area contributed by atoms with Crippen molar-refractivity contribution in [1.29, 1.82) is 0 Å². The van der Waals surface area contributed by atoms with E-state index in [2.05, 4.69) is 20.8 Å². The standard InChI is InChI=1S/C19H19NO3/c1-19(2,3)16-10-8-15(9-11-16)18(21)12-7-14-5-4-6-17(13-14)20(22)23/h4-13H,1-3H3/b12-7+. The Bertz CT molecular complexity index is 753. The number of rotatable bonds is 4. The van der Waals surface area contributed by atoms with Crippen molar-refractivity contribution in [1.82, 2.24) is 0 Å². The maximum atomic E-state index is 12.2. The second-order valence-electron chi connectivity index (χ2n) is 6.38. The molecule has 4 heteroatoms. The minimum atomic E-state index is -0.454. The molecule has 0 aromatic heterocycles. The van der Waals surface area contributed by atoms with Gasteiger partial charge >= 0.3 is 0 Å². The molecule has 0 saturated heterocycles. The number of hydrogen-bond donors (Lipinski definition) is 0. The van der Waals surface area contributed by atoms with Gasteiger partial charge in [-0.3, -0.25) is 14.9 Å². The third kappa shape index (κ3) is 4.36. The molecule has 0 heterocycles. The summed E-state index contributed by atoms with van der Waals surface area (Å²) in [6, 6.07) is 13.7. The van der Waals surface area contributed by atoms with Crippen LogP contribution in [0.4, 0.5) is 5.69 Å². The zero-order valence-electron chi connectivity index (χ0n) is 13.4. The molecule has 0 N–H and O–H groups in total. The van der Waals surface area contributed by atoms with Gasteiger partial charge in [0.15, 0.2) is 5.78 Å². The molecule has 23 heavy (non-hydrogen) atoms. The van der Waals surface area contributed by atoms with Gasteiger partial charge in [-0.1, -0.05) is 63.2 Å². The first kappa shape index (κ1) is 16.6. The summed E-state index contributed by atoms with van der Waals surface area (Å²) in [5, 5.41) is 10.7. The Hall–Kier alpha value is -2.75. The summed E-state index contributed by atoms with van der Waals surface area (Å²) in [4.78, 5) is 22.5. The smallest absolute Gasteiger partial charge is 0.270 e. The van der Waals surface area contributed by atoms with Crippen LogP contribution in [0.25, 0.3) is 6.08 Å². The number of nitrogens with zero attached hydrogens (tertiary/aromatic N) is 1. The average Bonchev–Trinajstić information content (AvgIpc) is 2.52. The average molecular weight is 309 g/mol. The zero-order chi connectivity index (χ0) is 17.0. The first-order chi connectivity index (χ1) is 10.8. The molecule has 0 aliphatic rings. The number of non-ortho nitro benzene ring substituents is 1. The number of benzene rings is 2. The highest BCUT2D eigenvalue weighted by molar-refractivity contribution is 6.06. The summed E-state index contributed by atoms with van der Waals surface area (Å²) in [5.41, 5.74) is 2.44. The van der Waals surface area contributed by atoms with Gasteiger partial charge in [-0.05, 0) is 22.6 Å². The van der Waals surface area contributed by atoms with E-state index in [9.17, 15) is 14.9 Å². The second-order valence-corrected chi connectivity index (χ2v) is 6.38. The normalized spacial score (nSPS) is 11.6. The van der Waals surface area contributed by atoms with Gasteiger partial charge in [-0.2, -0.15) is 0 Å². The predicted molar refractivity (Wildman–Crippen MR) is 91.6 cm³/mol. The molecule has 0 atom stereocenters. The molecule has 0 aliphatic heterocycles. The van der Waals surface area contributed by atoms with Crippen LogP contribution in [0, 0.1) is 10.1 Å². The van der Waals surface area contributed by atoms with E-state index in [4.69, 9.17) is 0 Å². The molecular weight excluding hydrogens is 290 g/mol. The quantitative estimate of drug-likeness (QED) is 0.353.